The fourth-order valence-electron chi connectivity index (χ4n) is 2.30. The second-order valence-corrected chi connectivity index (χ2v) is 4.54. The van der Waals surface area contributed by atoms with Crippen molar-refractivity contribution in [3.8, 4) is 0 Å². The van der Waals surface area contributed by atoms with E-state index >= 15 is 0 Å². The standard InChI is InChI=1S/C13H18FNO/c1-9(10-5-7-11(14)8-6-10)15-12-3-2-4-13(12)16/h5-9,12-13,15-16H,2-4H2,1H3/t9?,12-,13-/m0/s1. The van der Waals surface area contributed by atoms with Gasteiger partial charge in [-0.3, -0.25) is 0 Å². The Bertz CT molecular complexity index is 338. The van der Waals surface area contributed by atoms with E-state index in [1.807, 2.05) is 6.92 Å². The quantitative estimate of drug-likeness (QED) is 0.824. The lowest BCUT2D eigenvalue weighted by molar-refractivity contribution is 0.144. The molecule has 0 saturated heterocycles. The van der Waals surface area contributed by atoms with Crippen molar-refractivity contribution in [3.63, 3.8) is 0 Å². The van der Waals surface area contributed by atoms with Crippen LogP contribution in [-0.2, 0) is 0 Å². The molecule has 0 heterocycles. The third kappa shape index (κ3) is 2.60. The molecule has 3 heteroatoms. The average Bonchev–Trinajstić information content (AvgIpc) is 2.65. The van der Waals surface area contributed by atoms with E-state index in [0.29, 0.717) is 0 Å². The van der Waals surface area contributed by atoms with Gasteiger partial charge in [-0.1, -0.05) is 12.1 Å². The van der Waals surface area contributed by atoms with Gasteiger partial charge in [0.15, 0.2) is 0 Å². The molecule has 0 radical (unpaired) electrons. The van der Waals surface area contributed by atoms with E-state index in [4.69, 9.17) is 0 Å². The summed E-state index contributed by atoms with van der Waals surface area (Å²) >= 11 is 0. The van der Waals surface area contributed by atoms with Crippen LogP contribution in [0.1, 0.15) is 37.8 Å². The van der Waals surface area contributed by atoms with Gasteiger partial charge in [-0.05, 0) is 43.9 Å². The average molecular weight is 223 g/mol. The molecular weight excluding hydrogens is 205 g/mol. The van der Waals surface area contributed by atoms with Gasteiger partial charge >= 0.3 is 0 Å². The molecular formula is C13H18FNO. The SMILES string of the molecule is CC(N[C@H]1CCC[C@@H]1O)c1ccc(F)cc1. The highest BCUT2D eigenvalue weighted by Gasteiger charge is 2.26. The van der Waals surface area contributed by atoms with E-state index in [2.05, 4.69) is 5.32 Å². The van der Waals surface area contributed by atoms with Crippen LogP contribution in [0.2, 0.25) is 0 Å². The summed E-state index contributed by atoms with van der Waals surface area (Å²) in [6.07, 6.45) is 2.75. The smallest absolute Gasteiger partial charge is 0.123 e. The zero-order valence-electron chi connectivity index (χ0n) is 9.49. The first-order valence-electron chi connectivity index (χ1n) is 5.86. The molecule has 1 saturated carbocycles. The van der Waals surface area contributed by atoms with E-state index in [1.54, 1.807) is 12.1 Å². The van der Waals surface area contributed by atoms with Crippen LogP contribution in [0, 0.1) is 5.82 Å². The summed E-state index contributed by atoms with van der Waals surface area (Å²) in [7, 11) is 0. The van der Waals surface area contributed by atoms with Crippen LogP contribution in [-0.4, -0.2) is 17.3 Å². The second kappa shape index (κ2) is 4.93. The summed E-state index contributed by atoms with van der Waals surface area (Å²) in [5.41, 5.74) is 1.06. The first-order chi connectivity index (χ1) is 7.66. The first-order valence-corrected chi connectivity index (χ1v) is 5.86. The fourth-order valence-corrected chi connectivity index (χ4v) is 2.30. The molecule has 1 aromatic rings. The molecule has 0 bridgehead atoms. The number of benzene rings is 1. The zero-order valence-corrected chi connectivity index (χ0v) is 9.49. The molecule has 1 aliphatic carbocycles. The van der Waals surface area contributed by atoms with Crippen LogP contribution in [0.3, 0.4) is 0 Å². The Labute approximate surface area is 95.5 Å². The summed E-state index contributed by atoms with van der Waals surface area (Å²) < 4.78 is 12.8. The number of aliphatic hydroxyl groups excluding tert-OH is 1. The van der Waals surface area contributed by atoms with Gasteiger partial charge in [-0.25, -0.2) is 4.39 Å². The van der Waals surface area contributed by atoms with Crippen molar-refractivity contribution in [2.75, 3.05) is 0 Å². The number of hydrogen-bond donors (Lipinski definition) is 2. The Kier molecular flexibility index (Phi) is 3.56. The van der Waals surface area contributed by atoms with Crippen LogP contribution in [0.4, 0.5) is 4.39 Å². The maximum absolute atomic E-state index is 12.8. The van der Waals surface area contributed by atoms with Crippen LogP contribution in [0.15, 0.2) is 24.3 Å². The summed E-state index contributed by atoms with van der Waals surface area (Å²) in [5, 5.41) is 13.1. The van der Waals surface area contributed by atoms with Crippen molar-refractivity contribution in [2.24, 2.45) is 0 Å². The Morgan fingerprint density at radius 3 is 2.56 bits per heavy atom. The van der Waals surface area contributed by atoms with E-state index in [0.717, 1.165) is 24.8 Å². The summed E-state index contributed by atoms with van der Waals surface area (Å²) in [6, 6.07) is 6.85. The van der Waals surface area contributed by atoms with Gasteiger partial charge in [0.05, 0.1) is 6.10 Å². The van der Waals surface area contributed by atoms with Crippen molar-refractivity contribution in [2.45, 2.75) is 44.4 Å². The molecule has 88 valence electrons. The van der Waals surface area contributed by atoms with Crippen molar-refractivity contribution in [1.82, 2.24) is 5.32 Å². The molecule has 1 aromatic carbocycles. The molecule has 0 amide bonds. The predicted molar refractivity (Wildman–Crippen MR) is 61.6 cm³/mol. The molecule has 1 unspecified atom stereocenters. The van der Waals surface area contributed by atoms with Crippen molar-refractivity contribution in [3.05, 3.63) is 35.6 Å². The molecule has 16 heavy (non-hydrogen) atoms. The lowest BCUT2D eigenvalue weighted by atomic mass is 10.1. The Morgan fingerprint density at radius 2 is 2.00 bits per heavy atom. The predicted octanol–water partition coefficient (Wildman–Crippen LogP) is 2.39. The minimum absolute atomic E-state index is 0.151. The second-order valence-electron chi connectivity index (χ2n) is 4.54. The first kappa shape index (κ1) is 11.6. The minimum atomic E-state index is -0.233. The summed E-state index contributed by atoms with van der Waals surface area (Å²) in [4.78, 5) is 0. The lowest BCUT2D eigenvalue weighted by Gasteiger charge is -2.22. The highest BCUT2D eigenvalue weighted by Crippen LogP contribution is 2.22. The molecule has 2 rings (SSSR count). The maximum Gasteiger partial charge on any atom is 0.123 e. The third-order valence-electron chi connectivity index (χ3n) is 3.31. The van der Waals surface area contributed by atoms with E-state index in [9.17, 15) is 9.50 Å². The van der Waals surface area contributed by atoms with E-state index in [-0.39, 0.29) is 24.0 Å². The van der Waals surface area contributed by atoms with E-state index < -0.39 is 0 Å². The number of hydrogen-bond acceptors (Lipinski definition) is 2. The van der Waals surface area contributed by atoms with Gasteiger partial charge in [-0.2, -0.15) is 0 Å². The highest BCUT2D eigenvalue weighted by atomic mass is 19.1. The van der Waals surface area contributed by atoms with Gasteiger partial charge in [0.25, 0.3) is 0 Å². The normalized spacial score (nSPS) is 26.9. The Hall–Kier alpha value is -0.930. The molecule has 3 atom stereocenters. The fraction of sp³-hybridized carbons (Fsp3) is 0.538. The molecule has 0 spiro atoms. The summed E-state index contributed by atoms with van der Waals surface area (Å²) in [5.74, 6) is -0.211. The monoisotopic (exact) mass is 223 g/mol. The highest BCUT2D eigenvalue weighted by molar-refractivity contribution is 5.19. The topological polar surface area (TPSA) is 32.3 Å². The van der Waals surface area contributed by atoms with E-state index in [1.165, 1.54) is 12.1 Å². The van der Waals surface area contributed by atoms with Crippen molar-refractivity contribution in [1.29, 1.82) is 0 Å². The summed E-state index contributed by atoms with van der Waals surface area (Å²) in [6.45, 7) is 2.04. The molecule has 0 aliphatic heterocycles. The molecule has 0 aromatic heterocycles. The third-order valence-corrected chi connectivity index (χ3v) is 3.31. The van der Waals surface area contributed by atoms with Crippen LogP contribution >= 0.6 is 0 Å². The maximum atomic E-state index is 12.8. The number of halogens is 1. The van der Waals surface area contributed by atoms with Gasteiger partial charge in [0.1, 0.15) is 5.82 Å². The van der Waals surface area contributed by atoms with Crippen molar-refractivity contribution >= 4 is 0 Å². The minimum Gasteiger partial charge on any atom is -0.392 e. The molecule has 2 nitrogen and oxygen atoms in total. The number of aliphatic hydroxyl groups is 1. The van der Waals surface area contributed by atoms with Crippen LogP contribution in [0.5, 0.6) is 0 Å². The van der Waals surface area contributed by atoms with Gasteiger partial charge < -0.3 is 10.4 Å². The van der Waals surface area contributed by atoms with Gasteiger partial charge in [-0.15, -0.1) is 0 Å². The Balaban J connectivity index is 1.97. The zero-order chi connectivity index (χ0) is 11.5. The van der Waals surface area contributed by atoms with Crippen LogP contribution in [0.25, 0.3) is 0 Å². The largest absolute Gasteiger partial charge is 0.392 e. The van der Waals surface area contributed by atoms with Crippen molar-refractivity contribution < 1.29 is 9.50 Å². The lowest BCUT2D eigenvalue weighted by Crippen LogP contribution is -2.37. The number of rotatable bonds is 3. The number of nitrogens with one attached hydrogen (secondary N) is 1. The van der Waals surface area contributed by atoms with Gasteiger partial charge in [0, 0.05) is 12.1 Å². The molecule has 1 aliphatic rings. The van der Waals surface area contributed by atoms with Crippen LogP contribution < -0.4 is 5.32 Å². The molecule has 2 N–H and O–H groups in total. The Morgan fingerprint density at radius 1 is 1.31 bits per heavy atom. The molecule has 1 fully saturated rings. The van der Waals surface area contributed by atoms with Gasteiger partial charge in [0.2, 0.25) is 0 Å².